The first-order valence-electron chi connectivity index (χ1n) is 7.36. The molecule has 2 rings (SSSR count). The third-order valence-corrected chi connectivity index (χ3v) is 6.70. The first-order valence-corrected chi connectivity index (χ1v) is 9.96. The van der Waals surface area contributed by atoms with Crippen molar-refractivity contribution in [3.05, 3.63) is 29.8 Å². The smallest absolute Gasteiger partial charge is 0.305 e. The van der Waals surface area contributed by atoms with E-state index < -0.39 is 16.0 Å². The van der Waals surface area contributed by atoms with E-state index in [1.807, 2.05) is 0 Å². The summed E-state index contributed by atoms with van der Waals surface area (Å²) in [7, 11) is -0.662. The molecule has 132 valence electrons. The summed E-state index contributed by atoms with van der Waals surface area (Å²) < 4.78 is 25.2. The minimum absolute atomic E-state index is 0.0914. The summed E-state index contributed by atoms with van der Waals surface area (Å²) in [5.74, 6) is 0.142. The van der Waals surface area contributed by atoms with Gasteiger partial charge in [-0.25, -0.2) is 12.7 Å². The largest absolute Gasteiger partial charge is 0.481 e. The van der Waals surface area contributed by atoms with Crippen LogP contribution in [0.2, 0.25) is 0 Å². The fraction of sp³-hybridized carbons (Fsp3) is 0.467. The number of aliphatic carboxylic acids is 1. The third-order valence-electron chi connectivity index (χ3n) is 3.78. The van der Waals surface area contributed by atoms with Crippen LogP contribution in [0.15, 0.2) is 29.2 Å². The van der Waals surface area contributed by atoms with Gasteiger partial charge >= 0.3 is 5.97 Å². The first-order chi connectivity index (χ1) is 11.2. The molecule has 0 bridgehead atoms. The molecule has 1 heterocycles. The van der Waals surface area contributed by atoms with Gasteiger partial charge in [-0.2, -0.15) is 11.8 Å². The van der Waals surface area contributed by atoms with Gasteiger partial charge in [0.15, 0.2) is 0 Å². The maximum Gasteiger partial charge on any atom is 0.305 e. The Kier molecular flexibility index (Phi) is 5.89. The maximum absolute atomic E-state index is 12.7. The molecule has 0 aromatic heterocycles. The van der Waals surface area contributed by atoms with Crippen LogP contribution in [0, 0.1) is 0 Å². The lowest BCUT2D eigenvalue weighted by Crippen LogP contribution is -2.47. The summed E-state index contributed by atoms with van der Waals surface area (Å²) in [5.41, 5.74) is 0.356. The lowest BCUT2D eigenvalue weighted by atomic mass is 10.1. The Morgan fingerprint density at radius 1 is 1.29 bits per heavy atom. The van der Waals surface area contributed by atoms with Gasteiger partial charge in [-0.3, -0.25) is 9.59 Å². The van der Waals surface area contributed by atoms with Crippen LogP contribution in [0.3, 0.4) is 0 Å². The van der Waals surface area contributed by atoms with Gasteiger partial charge in [0, 0.05) is 37.7 Å². The quantitative estimate of drug-likeness (QED) is 0.828. The van der Waals surface area contributed by atoms with E-state index in [0.29, 0.717) is 17.9 Å². The number of amides is 1. The summed E-state index contributed by atoms with van der Waals surface area (Å²) in [4.78, 5) is 25.3. The number of rotatable bonds is 5. The molecule has 1 aliphatic rings. The second kappa shape index (κ2) is 7.54. The molecular formula is C15H20N2O5S2. The Hall–Kier alpha value is -1.58. The Morgan fingerprint density at radius 2 is 1.92 bits per heavy atom. The monoisotopic (exact) mass is 372 g/mol. The number of carboxylic acids is 1. The molecule has 0 aliphatic carbocycles. The van der Waals surface area contributed by atoms with Crippen LogP contribution in [-0.4, -0.2) is 72.8 Å². The van der Waals surface area contributed by atoms with Gasteiger partial charge in [0.05, 0.1) is 17.4 Å². The van der Waals surface area contributed by atoms with Crippen molar-refractivity contribution >= 4 is 33.7 Å². The van der Waals surface area contributed by atoms with Gasteiger partial charge in [0.2, 0.25) is 10.0 Å². The van der Waals surface area contributed by atoms with Crippen LogP contribution in [0.4, 0.5) is 0 Å². The molecular weight excluding hydrogens is 352 g/mol. The fourth-order valence-electron chi connectivity index (χ4n) is 2.44. The number of nitrogens with zero attached hydrogens (tertiary/aromatic N) is 2. The maximum atomic E-state index is 12.7. The average Bonchev–Trinajstić information content (AvgIpc) is 2.54. The third kappa shape index (κ3) is 4.08. The van der Waals surface area contributed by atoms with E-state index in [2.05, 4.69) is 0 Å². The molecule has 7 nitrogen and oxygen atoms in total. The SMILES string of the molecule is CN(C)S(=O)(=O)c1ccc(C(=O)N2CCSCC2CC(=O)O)cc1. The molecule has 0 saturated carbocycles. The lowest BCUT2D eigenvalue weighted by molar-refractivity contribution is -0.138. The van der Waals surface area contributed by atoms with Crippen molar-refractivity contribution in [1.82, 2.24) is 9.21 Å². The molecule has 1 fully saturated rings. The Balaban J connectivity index is 2.21. The second-order valence-corrected chi connectivity index (χ2v) is 8.94. The highest BCUT2D eigenvalue weighted by atomic mass is 32.2. The van der Waals surface area contributed by atoms with Crippen molar-refractivity contribution in [3.8, 4) is 0 Å². The van der Waals surface area contributed by atoms with Crippen molar-refractivity contribution in [3.63, 3.8) is 0 Å². The van der Waals surface area contributed by atoms with E-state index in [4.69, 9.17) is 5.11 Å². The molecule has 1 unspecified atom stereocenters. The van der Waals surface area contributed by atoms with Crippen molar-refractivity contribution in [2.75, 3.05) is 32.1 Å². The predicted octanol–water partition coefficient (Wildman–Crippen LogP) is 0.969. The summed E-state index contributed by atoms with van der Waals surface area (Å²) >= 11 is 1.63. The number of sulfonamides is 1. The van der Waals surface area contributed by atoms with Gasteiger partial charge in [-0.05, 0) is 24.3 Å². The van der Waals surface area contributed by atoms with Gasteiger partial charge in [0.25, 0.3) is 5.91 Å². The van der Waals surface area contributed by atoms with Crippen LogP contribution >= 0.6 is 11.8 Å². The second-order valence-electron chi connectivity index (χ2n) is 5.64. The van der Waals surface area contributed by atoms with Crippen LogP contribution in [-0.2, 0) is 14.8 Å². The standard InChI is InChI=1S/C15H20N2O5S2/c1-16(2)24(21,22)13-5-3-11(4-6-13)15(20)17-7-8-23-10-12(17)9-14(18)19/h3-6,12H,7-10H2,1-2H3,(H,18,19). The number of thioether (sulfide) groups is 1. The highest BCUT2D eigenvalue weighted by Gasteiger charge is 2.29. The molecule has 1 atom stereocenters. The highest BCUT2D eigenvalue weighted by Crippen LogP contribution is 2.22. The molecule has 9 heteroatoms. The molecule has 0 spiro atoms. The zero-order chi connectivity index (χ0) is 17.9. The topological polar surface area (TPSA) is 95.0 Å². The van der Waals surface area contributed by atoms with E-state index in [9.17, 15) is 18.0 Å². The predicted molar refractivity (Wildman–Crippen MR) is 91.7 cm³/mol. The molecule has 1 aromatic rings. The molecule has 24 heavy (non-hydrogen) atoms. The summed E-state index contributed by atoms with van der Waals surface area (Å²) in [6.45, 7) is 0.485. The van der Waals surface area contributed by atoms with Gasteiger partial charge in [-0.1, -0.05) is 0 Å². The molecule has 0 radical (unpaired) electrons. The van der Waals surface area contributed by atoms with Gasteiger partial charge in [-0.15, -0.1) is 0 Å². The minimum atomic E-state index is -3.54. The highest BCUT2D eigenvalue weighted by molar-refractivity contribution is 7.99. The summed E-state index contributed by atoms with van der Waals surface area (Å²) in [6.07, 6.45) is -0.0914. The van der Waals surface area contributed by atoms with Crippen LogP contribution in [0.1, 0.15) is 16.8 Å². The average molecular weight is 372 g/mol. The van der Waals surface area contributed by atoms with E-state index >= 15 is 0 Å². The van der Waals surface area contributed by atoms with Crippen LogP contribution in [0.25, 0.3) is 0 Å². The number of carboxylic acid groups (broad SMARTS) is 1. The fourth-order valence-corrected chi connectivity index (χ4v) is 4.40. The number of carbonyl (C=O) groups is 2. The molecule has 1 saturated heterocycles. The molecule has 1 N–H and O–H groups in total. The number of hydrogen-bond acceptors (Lipinski definition) is 5. The minimum Gasteiger partial charge on any atom is -0.481 e. The van der Waals surface area contributed by atoms with Crippen molar-refractivity contribution in [1.29, 1.82) is 0 Å². The summed E-state index contributed by atoms with van der Waals surface area (Å²) in [6, 6.07) is 5.39. The van der Waals surface area contributed by atoms with Gasteiger partial charge in [0.1, 0.15) is 0 Å². The molecule has 1 aromatic carbocycles. The van der Waals surface area contributed by atoms with Crippen molar-refractivity contribution in [2.24, 2.45) is 0 Å². The van der Waals surface area contributed by atoms with E-state index in [-0.39, 0.29) is 23.3 Å². The van der Waals surface area contributed by atoms with E-state index in [1.165, 1.54) is 38.4 Å². The Morgan fingerprint density at radius 3 is 2.46 bits per heavy atom. The van der Waals surface area contributed by atoms with E-state index in [0.717, 1.165) is 10.1 Å². The Bertz CT molecular complexity index is 716. The number of benzene rings is 1. The van der Waals surface area contributed by atoms with Gasteiger partial charge < -0.3 is 10.0 Å². The zero-order valence-electron chi connectivity index (χ0n) is 13.5. The van der Waals surface area contributed by atoms with Crippen LogP contribution in [0.5, 0.6) is 0 Å². The van der Waals surface area contributed by atoms with E-state index in [1.54, 1.807) is 16.7 Å². The van der Waals surface area contributed by atoms with Crippen molar-refractivity contribution < 1.29 is 23.1 Å². The summed E-state index contributed by atoms with van der Waals surface area (Å²) in [5, 5.41) is 9.00. The zero-order valence-corrected chi connectivity index (χ0v) is 15.1. The normalized spacial score (nSPS) is 18.6. The molecule has 1 aliphatic heterocycles. The van der Waals surface area contributed by atoms with Crippen LogP contribution < -0.4 is 0 Å². The Labute approximate surface area is 145 Å². The number of hydrogen-bond donors (Lipinski definition) is 1. The van der Waals surface area contributed by atoms with Crippen molar-refractivity contribution in [2.45, 2.75) is 17.4 Å². The number of carbonyl (C=O) groups excluding carboxylic acids is 1. The molecule has 1 amide bonds. The lowest BCUT2D eigenvalue weighted by Gasteiger charge is -2.34. The first kappa shape index (κ1) is 18.8.